The van der Waals surface area contributed by atoms with Gasteiger partial charge in [0.25, 0.3) is 0 Å². The number of aryl methyl sites for hydroxylation is 2. The zero-order valence-electron chi connectivity index (χ0n) is 17.8. The van der Waals surface area contributed by atoms with Crippen LogP contribution in [0.4, 0.5) is 4.39 Å². The number of nitrogens with zero attached hydrogens (tertiary/aromatic N) is 2. The van der Waals surface area contributed by atoms with Crippen molar-refractivity contribution < 1.29 is 12.8 Å². The van der Waals surface area contributed by atoms with Crippen molar-refractivity contribution in [1.29, 1.82) is 0 Å². The van der Waals surface area contributed by atoms with Gasteiger partial charge in [-0.2, -0.15) is 4.31 Å². The van der Waals surface area contributed by atoms with E-state index in [0.29, 0.717) is 31.7 Å². The molecule has 1 aliphatic rings. The molecule has 1 heterocycles. The van der Waals surface area contributed by atoms with Gasteiger partial charge in [0.1, 0.15) is 5.82 Å². The van der Waals surface area contributed by atoms with E-state index < -0.39 is 15.8 Å². The normalized spacial score (nSPS) is 16.9. The zero-order valence-corrected chi connectivity index (χ0v) is 18.6. The van der Waals surface area contributed by atoms with Gasteiger partial charge in [-0.15, -0.1) is 0 Å². The van der Waals surface area contributed by atoms with E-state index in [1.54, 1.807) is 6.92 Å². The highest BCUT2D eigenvalue weighted by atomic mass is 32.2. The van der Waals surface area contributed by atoms with Crippen molar-refractivity contribution in [3.63, 3.8) is 0 Å². The fourth-order valence-corrected chi connectivity index (χ4v) is 5.52. The van der Waals surface area contributed by atoms with Gasteiger partial charge in [-0.05, 0) is 42.7 Å². The van der Waals surface area contributed by atoms with Crippen LogP contribution in [0.25, 0.3) is 0 Å². The monoisotopic (exact) mass is 438 g/mol. The Balaban J connectivity index is 1.56. The van der Waals surface area contributed by atoms with Crippen LogP contribution in [0.15, 0.2) is 77.7 Å². The van der Waals surface area contributed by atoms with Crippen molar-refractivity contribution in [2.45, 2.75) is 24.8 Å². The van der Waals surface area contributed by atoms with Crippen LogP contribution in [-0.4, -0.2) is 43.8 Å². The minimum Gasteiger partial charge on any atom is -0.290 e. The van der Waals surface area contributed by atoms with Gasteiger partial charge in [-0.25, -0.2) is 12.8 Å². The number of piperazine rings is 1. The third-order valence-corrected chi connectivity index (χ3v) is 7.82. The van der Waals surface area contributed by atoms with E-state index in [1.807, 2.05) is 18.2 Å². The molecule has 6 heteroatoms. The van der Waals surface area contributed by atoms with E-state index in [1.165, 1.54) is 33.1 Å². The summed E-state index contributed by atoms with van der Waals surface area (Å²) >= 11 is 0. The molecule has 1 aliphatic heterocycles. The van der Waals surface area contributed by atoms with Crippen LogP contribution < -0.4 is 0 Å². The number of rotatable bonds is 5. The lowest BCUT2D eigenvalue weighted by molar-refractivity contribution is 0.156. The molecule has 1 saturated heterocycles. The van der Waals surface area contributed by atoms with E-state index in [2.05, 4.69) is 48.2 Å². The van der Waals surface area contributed by atoms with Crippen LogP contribution in [0, 0.1) is 19.7 Å². The lowest BCUT2D eigenvalue weighted by Gasteiger charge is -2.39. The lowest BCUT2D eigenvalue weighted by Crippen LogP contribution is -2.49. The highest BCUT2D eigenvalue weighted by Crippen LogP contribution is 2.31. The minimum absolute atomic E-state index is 0.0159. The summed E-state index contributed by atoms with van der Waals surface area (Å²) in [6.07, 6.45) is 0. The number of hydrogen-bond acceptors (Lipinski definition) is 3. The first kappa shape index (κ1) is 21.7. The SMILES string of the molecule is Cc1ccc([C@@H](c2ccccc2)N2CCN(S(=O)(=O)c3ccc(C)c(F)c3)CC2)cc1. The molecule has 4 nitrogen and oxygen atoms in total. The van der Waals surface area contributed by atoms with Crippen molar-refractivity contribution in [2.75, 3.05) is 26.2 Å². The average Bonchev–Trinajstić information content (AvgIpc) is 2.78. The molecular weight excluding hydrogens is 411 g/mol. The van der Waals surface area contributed by atoms with E-state index in [0.717, 1.165) is 6.07 Å². The van der Waals surface area contributed by atoms with Gasteiger partial charge in [-0.3, -0.25) is 4.90 Å². The molecular formula is C25H27FN2O2S. The summed E-state index contributed by atoms with van der Waals surface area (Å²) in [7, 11) is -3.72. The summed E-state index contributed by atoms with van der Waals surface area (Å²) in [5.41, 5.74) is 4.02. The fourth-order valence-electron chi connectivity index (χ4n) is 4.08. The van der Waals surface area contributed by atoms with Gasteiger partial charge in [0, 0.05) is 26.2 Å². The number of benzene rings is 3. The first-order valence-corrected chi connectivity index (χ1v) is 11.9. The fraction of sp³-hybridized carbons (Fsp3) is 0.280. The molecule has 0 aromatic heterocycles. The maximum absolute atomic E-state index is 14.0. The predicted octanol–water partition coefficient (Wildman–Crippen LogP) is 4.54. The quantitative estimate of drug-likeness (QED) is 0.587. The molecule has 0 aliphatic carbocycles. The maximum atomic E-state index is 14.0. The molecule has 4 rings (SSSR count). The van der Waals surface area contributed by atoms with Crippen LogP contribution in [-0.2, 0) is 10.0 Å². The van der Waals surface area contributed by atoms with Crippen molar-refractivity contribution >= 4 is 10.0 Å². The van der Waals surface area contributed by atoms with Crippen LogP contribution in [0.3, 0.4) is 0 Å². The number of halogens is 1. The molecule has 0 unspecified atom stereocenters. The summed E-state index contributed by atoms with van der Waals surface area (Å²) in [6, 6.07) is 23.0. The van der Waals surface area contributed by atoms with Gasteiger partial charge in [-0.1, -0.05) is 66.2 Å². The standard InChI is InChI=1S/C25H27FN2O2S/c1-19-8-11-22(12-9-19)25(21-6-4-3-5-7-21)27-14-16-28(17-15-27)31(29,30)23-13-10-20(2)24(26)18-23/h3-13,18,25H,14-17H2,1-2H3/t25-/m1/s1. The van der Waals surface area contributed by atoms with E-state index in [4.69, 9.17) is 0 Å². The molecule has 0 radical (unpaired) electrons. The van der Waals surface area contributed by atoms with Gasteiger partial charge >= 0.3 is 0 Å². The second kappa shape index (κ2) is 8.91. The third-order valence-electron chi connectivity index (χ3n) is 5.93. The van der Waals surface area contributed by atoms with Crippen molar-refractivity contribution in [2.24, 2.45) is 0 Å². The van der Waals surface area contributed by atoms with Gasteiger partial charge < -0.3 is 0 Å². The van der Waals surface area contributed by atoms with Crippen LogP contribution in [0.2, 0.25) is 0 Å². The molecule has 0 spiro atoms. The van der Waals surface area contributed by atoms with Crippen molar-refractivity contribution in [3.05, 3.63) is 101 Å². The Labute approximate surface area is 184 Å². The topological polar surface area (TPSA) is 40.6 Å². The number of hydrogen-bond donors (Lipinski definition) is 0. The van der Waals surface area contributed by atoms with E-state index in [-0.39, 0.29) is 10.9 Å². The highest BCUT2D eigenvalue weighted by Gasteiger charge is 2.32. The largest absolute Gasteiger partial charge is 0.290 e. The van der Waals surface area contributed by atoms with E-state index in [9.17, 15) is 12.8 Å². The van der Waals surface area contributed by atoms with Gasteiger partial charge in [0.05, 0.1) is 10.9 Å². The zero-order chi connectivity index (χ0) is 22.0. The molecule has 0 saturated carbocycles. The maximum Gasteiger partial charge on any atom is 0.243 e. The van der Waals surface area contributed by atoms with Crippen molar-refractivity contribution in [1.82, 2.24) is 9.21 Å². The smallest absolute Gasteiger partial charge is 0.243 e. The molecule has 0 bridgehead atoms. The van der Waals surface area contributed by atoms with Crippen LogP contribution >= 0.6 is 0 Å². The molecule has 31 heavy (non-hydrogen) atoms. The second-order valence-corrected chi connectivity index (χ2v) is 10.0. The minimum atomic E-state index is -3.72. The summed E-state index contributed by atoms with van der Waals surface area (Å²) in [4.78, 5) is 2.34. The molecule has 0 amide bonds. The van der Waals surface area contributed by atoms with Gasteiger partial charge in [0.2, 0.25) is 10.0 Å². The average molecular weight is 439 g/mol. The molecule has 1 fully saturated rings. The third kappa shape index (κ3) is 4.56. The second-order valence-electron chi connectivity index (χ2n) is 8.07. The molecule has 1 atom stereocenters. The molecule has 162 valence electrons. The molecule has 0 N–H and O–H groups in total. The van der Waals surface area contributed by atoms with Gasteiger partial charge in [0.15, 0.2) is 0 Å². The first-order chi connectivity index (χ1) is 14.9. The molecule has 3 aromatic carbocycles. The summed E-state index contributed by atoms with van der Waals surface area (Å²) in [6.45, 7) is 5.63. The van der Waals surface area contributed by atoms with Crippen LogP contribution in [0.1, 0.15) is 28.3 Å². The van der Waals surface area contributed by atoms with Crippen molar-refractivity contribution in [3.8, 4) is 0 Å². The molecule has 3 aromatic rings. The Morgan fingerprint density at radius 1 is 0.806 bits per heavy atom. The van der Waals surface area contributed by atoms with E-state index >= 15 is 0 Å². The summed E-state index contributed by atoms with van der Waals surface area (Å²) in [5.74, 6) is -0.497. The Morgan fingerprint density at radius 3 is 2.03 bits per heavy atom. The Kier molecular flexibility index (Phi) is 6.23. The predicted molar refractivity (Wildman–Crippen MR) is 121 cm³/mol. The number of sulfonamides is 1. The van der Waals surface area contributed by atoms with Crippen LogP contribution in [0.5, 0.6) is 0 Å². The summed E-state index contributed by atoms with van der Waals surface area (Å²) < 4.78 is 41.5. The Morgan fingerprint density at radius 2 is 1.42 bits per heavy atom. The lowest BCUT2D eigenvalue weighted by atomic mass is 9.96. The first-order valence-electron chi connectivity index (χ1n) is 10.5. The highest BCUT2D eigenvalue weighted by molar-refractivity contribution is 7.89. The summed E-state index contributed by atoms with van der Waals surface area (Å²) in [5, 5.41) is 0. The Bertz CT molecular complexity index is 1140. The Hall–Kier alpha value is -2.54.